The van der Waals surface area contributed by atoms with Crippen LogP contribution < -0.4 is 16.0 Å². The first-order valence-corrected chi connectivity index (χ1v) is 11.8. The molecule has 1 aromatic carbocycles. The predicted molar refractivity (Wildman–Crippen MR) is 126 cm³/mol. The fraction of sp³-hybridized carbons (Fsp3) is 0.583. The van der Waals surface area contributed by atoms with E-state index in [1.54, 1.807) is 23.1 Å². The number of methoxy groups -OCH3 is 2. The molecule has 1 N–H and O–H groups in total. The van der Waals surface area contributed by atoms with Crippen LogP contribution in [0.1, 0.15) is 25.7 Å². The number of H-pyrrole nitrogens is 1. The molecule has 1 saturated heterocycles. The molecule has 2 aliphatic rings. The molecule has 1 saturated carbocycles. The predicted octanol–water partition coefficient (Wildman–Crippen LogP) is 0.822. The van der Waals surface area contributed by atoms with Crippen molar-refractivity contribution in [3.8, 4) is 5.75 Å². The van der Waals surface area contributed by atoms with Crippen LogP contribution in [0, 0.1) is 11.8 Å². The number of ether oxygens (including phenoxy) is 2. The van der Waals surface area contributed by atoms with E-state index >= 15 is 0 Å². The Morgan fingerprint density at radius 3 is 2.32 bits per heavy atom. The standard InChI is InChI=1S/C24H32N4O6/c1-33-15-21(29)26-9-11-27(12-10-26)22(30)17-5-3-16(4-6-17)14-28-23(31)19-13-18(34-2)7-8-20(19)25-24(28)32/h7-8,13,16-17H,3-6,9-12,14-15H2,1-2H3,(H,25,32). The van der Waals surface area contributed by atoms with Crippen molar-refractivity contribution in [2.45, 2.75) is 32.2 Å². The highest BCUT2D eigenvalue weighted by atomic mass is 16.5. The molecule has 1 aromatic heterocycles. The number of fused-ring (bicyclic) bond motifs is 1. The minimum atomic E-state index is -0.415. The van der Waals surface area contributed by atoms with E-state index in [9.17, 15) is 19.2 Å². The molecule has 4 rings (SSSR count). The van der Waals surface area contributed by atoms with Crippen molar-refractivity contribution in [3.63, 3.8) is 0 Å². The highest BCUT2D eigenvalue weighted by Gasteiger charge is 2.32. The number of nitrogens with zero attached hydrogens (tertiary/aromatic N) is 3. The van der Waals surface area contributed by atoms with Crippen LogP contribution in [0.25, 0.3) is 10.9 Å². The molecule has 184 valence electrons. The Hall–Kier alpha value is -3.14. The van der Waals surface area contributed by atoms with Crippen molar-refractivity contribution >= 4 is 22.7 Å². The van der Waals surface area contributed by atoms with Gasteiger partial charge >= 0.3 is 5.69 Å². The number of carbonyl (C=O) groups is 2. The summed E-state index contributed by atoms with van der Waals surface area (Å²) < 4.78 is 11.4. The summed E-state index contributed by atoms with van der Waals surface area (Å²) in [7, 11) is 3.03. The lowest BCUT2D eigenvalue weighted by Crippen LogP contribution is -2.52. The maximum atomic E-state index is 13.0. The van der Waals surface area contributed by atoms with E-state index in [4.69, 9.17) is 9.47 Å². The first-order valence-electron chi connectivity index (χ1n) is 11.8. The SMILES string of the molecule is COCC(=O)N1CCN(C(=O)C2CCC(Cn3c(=O)[nH]c4ccc(OC)cc4c3=O)CC2)CC1. The summed E-state index contributed by atoms with van der Waals surface area (Å²) in [5, 5.41) is 0.422. The zero-order valence-electron chi connectivity index (χ0n) is 19.7. The quantitative estimate of drug-likeness (QED) is 0.666. The fourth-order valence-corrected chi connectivity index (χ4v) is 5.02. The van der Waals surface area contributed by atoms with Gasteiger partial charge in [0.25, 0.3) is 5.56 Å². The average molecular weight is 473 g/mol. The minimum Gasteiger partial charge on any atom is -0.497 e. The van der Waals surface area contributed by atoms with Gasteiger partial charge in [-0.2, -0.15) is 0 Å². The molecule has 0 spiro atoms. The van der Waals surface area contributed by atoms with Gasteiger partial charge in [0.2, 0.25) is 11.8 Å². The molecule has 0 atom stereocenters. The second-order valence-electron chi connectivity index (χ2n) is 9.11. The number of aromatic amines is 1. The molecule has 0 unspecified atom stereocenters. The number of amides is 2. The normalized spacial score (nSPS) is 21.0. The number of nitrogens with one attached hydrogen (secondary N) is 1. The number of carbonyl (C=O) groups excluding carboxylic acids is 2. The molecular formula is C24H32N4O6. The second kappa shape index (κ2) is 10.4. The maximum Gasteiger partial charge on any atom is 0.328 e. The van der Waals surface area contributed by atoms with E-state index in [0.29, 0.717) is 49.4 Å². The van der Waals surface area contributed by atoms with Gasteiger partial charge in [0, 0.05) is 45.8 Å². The van der Waals surface area contributed by atoms with Gasteiger partial charge in [-0.25, -0.2) is 4.79 Å². The maximum absolute atomic E-state index is 13.0. The summed E-state index contributed by atoms with van der Waals surface area (Å²) in [4.78, 5) is 56.9. The Bertz CT molecular complexity index is 1160. The summed E-state index contributed by atoms with van der Waals surface area (Å²) in [6, 6.07) is 5.02. The van der Waals surface area contributed by atoms with E-state index in [-0.39, 0.29) is 35.8 Å². The largest absolute Gasteiger partial charge is 0.497 e. The number of rotatable bonds is 6. The highest BCUT2D eigenvalue weighted by Crippen LogP contribution is 2.31. The van der Waals surface area contributed by atoms with Gasteiger partial charge in [-0.1, -0.05) is 0 Å². The van der Waals surface area contributed by atoms with Crippen LogP contribution in [-0.4, -0.2) is 78.2 Å². The monoisotopic (exact) mass is 472 g/mol. The lowest BCUT2D eigenvalue weighted by molar-refractivity contribution is -0.144. The van der Waals surface area contributed by atoms with Crippen molar-refractivity contribution in [2.24, 2.45) is 11.8 Å². The first-order chi connectivity index (χ1) is 16.4. The third-order valence-electron chi connectivity index (χ3n) is 7.04. The van der Waals surface area contributed by atoms with Crippen LogP contribution in [-0.2, 0) is 20.9 Å². The average Bonchev–Trinajstić information content (AvgIpc) is 2.86. The zero-order chi connectivity index (χ0) is 24.2. The molecule has 2 amide bonds. The molecule has 2 heterocycles. The molecule has 34 heavy (non-hydrogen) atoms. The lowest BCUT2D eigenvalue weighted by atomic mass is 9.81. The van der Waals surface area contributed by atoms with E-state index in [2.05, 4.69) is 4.98 Å². The molecule has 1 aliphatic heterocycles. The molecule has 1 aliphatic carbocycles. The molecule has 2 fully saturated rings. The van der Waals surface area contributed by atoms with Crippen molar-refractivity contribution < 1.29 is 19.1 Å². The van der Waals surface area contributed by atoms with Crippen molar-refractivity contribution in [3.05, 3.63) is 39.0 Å². The van der Waals surface area contributed by atoms with Gasteiger partial charge < -0.3 is 24.3 Å². The highest BCUT2D eigenvalue weighted by molar-refractivity contribution is 5.81. The molecule has 10 nitrogen and oxygen atoms in total. The van der Waals surface area contributed by atoms with E-state index < -0.39 is 5.69 Å². The molecular weight excluding hydrogens is 440 g/mol. The topological polar surface area (TPSA) is 114 Å². The van der Waals surface area contributed by atoms with Crippen LogP contribution in [0.15, 0.2) is 27.8 Å². The Morgan fingerprint density at radius 1 is 1.00 bits per heavy atom. The van der Waals surface area contributed by atoms with Gasteiger partial charge in [-0.15, -0.1) is 0 Å². The summed E-state index contributed by atoms with van der Waals surface area (Å²) in [6.07, 6.45) is 3.04. The van der Waals surface area contributed by atoms with Crippen LogP contribution in [0.5, 0.6) is 5.75 Å². The van der Waals surface area contributed by atoms with E-state index in [1.165, 1.54) is 18.8 Å². The Kier molecular flexibility index (Phi) is 7.35. The number of hydrogen-bond donors (Lipinski definition) is 1. The van der Waals surface area contributed by atoms with Crippen LogP contribution in [0.3, 0.4) is 0 Å². The molecule has 0 bridgehead atoms. The van der Waals surface area contributed by atoms with Crippen LogP contribution >= 0.6 is 0 Å². The molecule has 10 heteroatoms. The van der Waals surface area contributed by atoms with Gasteiger partial charge in [-0.05, 0) is 49.8 Å². The van der Waals surface area contributed by atoms with Gasteiger partial charge in [-0.3, -0.25) is 19.0 Å². The molecule has 0 radical (unpaired) electrons. The van der Waals surface area contributed by atoms with Gasteiger partial charge in [0.15, 0.2) is 0 Å². The zero-order valence-corrected chi connectivity index (χ0v) is 19.7. The number of benzene rings is 1. The summed E-state index contributed by atoms with van der Waals surface area (Å²) >= 11 is 0. The smallest absolute Gasteiger partial charge is 0.328 e. The second-order valence-corrected chi connectivity index (χ2v) is 9.11. The fourth-order valence-electron chi connectivity index (χ4n) is 5.02. The number of hydrogen-bond acceptors (Lipinski definition) is 6. The van der Waals surface area contributed by atoms with Crippen molar-refractivity contribution in [2.75, 3.05) is 47.0 Å². The lowest BCUT2D eigenvalue weighted by Gasteiger charge is -2.38. The third-order valence-corrected chi connectivity index (χ3v) is 7.04. The summed E-state index contributed by atoms with van der Waals surface area (Å²) in [5.74, 6) is 0.770. The summed E-state index contributed by atoms with van der Waals surface area (Å²) in [6.45, 7) is 2.54. The summed E-state index contributed by atoms with van der Waals surface area (Å²) in [5.41, 5.74) is -0.246. The van der Waals surface area contributed by atoms with Gasteiger partial charge in [0.05, 0.1) is 18.0 Å². The number of aromatic nitrogens is 2. The molecule has 2 aromatic rings. The minimum absolute atomic E-state index is 0.0478. The van der Waals surface area contributed by atoms with Crippen molar-refractivity contribution in [1.29, 1.82) is 0 Å². The van der Waals surface area contributed by atoms with Gasteiger partial charge in [0.1, 0.15) is 12.4 Å². The van der Waals surface area contributed by atoms with E-state index in [1.807, 2.05) is 4.90 Å². The van der Waals surface area contributed by atoms with Crippen LogP contribution in [0.2, 0.25) is 0 Å². The Labute approximate surface area is 197 Å². The van der Waals surface area contributed by atoms with E-state index in [0.717, 1.165) is 25.7 Å². The Balaban J connectivity index is 1.34. The third kappa shape index (κ3) is 5.01. The number of piperazine rings is 1. The van der Waals surface area contributed by atoms with Crippen molar-refractivity contribution in [1.82, 2.24) is 19.4 Å². The Morgan fingerprint density at radius 2 is 1.68 bits per heavy atom. The first kappa shape index (κ1) is 24.0. The van der Waals surface area contributed by atoms with Crippen LogP contribution in [0.4, 0.5) is 0 Å².